The monoisotopic (exact) mass is 241 g/mol. The van der Waals surface area contributed by atoms with Gasteiger partial charge >= 0.3 is 5.82 Å². The molecule has 0 spiro atoms. The summed E-state index contributed by atoms with van der Waals surface area (Å²) in [5.74, 6) is 0.228. The molecule has 1 heterocycles. The Hall–Kier alpha value is -1.72. The normalized spacial score (nSPS) is 13.3. The largest absolute Gasteiger partial charge is 0.358 e. The van der Waals surface area contributed by atoms with Crippen LogP contribution in [0.4, 0.5) is 5.82 Å². The number of hydrogen-bond donors (Lipinski definition) is 2. The Kier molecular flexibility index (Phi) is 3.76. The fourth-order valence-electron chi connectivity index (χ4n) is 1.26. The standard InChI is InChI=1S/C8H11N5O2S/c1-5(10-12-16(14)15)7-6(2)13(4)11-8(7)9-3/h12H,1-2,4H3,(H,14,15)/b10-5-. The second-order valence-corrected chi connectivity index (χ2v) is 3.74. The maximum Gasteiger partial charge on any atom is 0.304 e. The van der Waals surface area contributed by atoms with Gasteiger partial charge in [-0.25, -0.2) is 9.04 Å². The van der Waals surface area contributed by atoms with Crippen molar-refractivity contribution in [2.24, 2.45) is 12.1 Å². The van der Waals surface area contributed by atoms with Gasteiger partial charge in [-0.3, -0.25) is 4.55 Å². The number of nitrogens with one attached hydrogen (secondary N) is 1. The van der Waals surface area contributed by atoms with Crippen LogP contribution in [0.25, 0.3) is 4.85 Å². The molecule has 0 saturated heterocycles. The molecule has 1 rings (SSSR count). The lowest BCUT2D eigenvalue weighted by Crippen LogP contribution is -2.12. The highest BCUT2D eigenvalue weighted by molar-refractivity contribution is 7.77. The lowest BCUT2D eigenvalue weighted by molar-refractivity contribution is 0.552. The highest BCUT2D eigenvalue weighted by Gasteiger charge is 2.16. The van der Waals surface area contributed by atoms with Crippen molar-refractivity contribution < 1.29 is 8.76 Å². The lowest BCUT2D eigenvalue weighted by Gasteiger charge is -2.00. The zero-order valence-corrected chi connectivity index (χ0v) is 9.87. The Balaban J connectivity index is 3.18. The second kappa shape index (κ2) is 4.87. The van der Waals surface area contributed by atoms with E-state index >= 15 is 0 Å². The first kappa shape index (κ1) is 12.4. The van der Waals surface area contributed by atoms with Crippen LogP contribution in [-0.4, -0.2) is 24.3 Å². The summed E-state index contributed by atoms with van der Waals surface area (Å²) in [5, 5.41) is 7.69. The molecular weight excluding hydrogens is 230 g/mol. The summed E-state index contributed by atoms with van der Waals surface area (Å²) in [5.41, 5.74) is 1.80. The summed E-state index contributed by atoms with van der Waals surface area (Å²) in [6, 6.07) is 0. The molecule has 8 heteroatoms. The summed E-state index contributed by atoms with van der Waals surface area (Å²) in [6.45, 7) is 10.4. The van der Waals surface area contributed by atoms with Gasteiger partial charge in [-0.05, 0) is 18.9 Å². The first-order valence-corrected chi connectivity index (χ1v) is 5.40. The molecule has 0 amide bonds. The van der Waals surface area contributed by atoms with Gasteiger partial charge in [0.1, 0.15) is 0 Å². The highest BCUT2D eigenvalue weighted by Crippen LogP contribution is 2.21. The van der Waals surface area contributed by atoms with Crippen LogP contribution in [0.15, 0.2) is 5.10 Å². The third-order valence-corrected chi connectivity index (χ3v) is 2.32. The molecule has 1 atom stereocenters. The number of aromatic nitrogens is 2. The topological polar surface area (TPSA) is 83.9 Å². The van der Waals surface area contributed by atoms with Crippen molar-refractivity contribution >= 4 is 22.8 Å². The van der Waals surface area contributed by atoms with Gasteiger partial charge in [0.05, 0.1) is 11.4 Å². The molecule has 1 unspecified atom stereocenters. The van der Waals surface area contributed by atoms with Crippen LogP contribution in [-0.2, 0) is 18.3 Å². The van der Waals surface area contributed by atoms with Gasteiger partial charge in [0.15, 0.2) is 0 Å². The molecular formula is C8H11N5O2S. The van der Waals surface area contributed by atoms with Crippen LogP contribution in [0.1, 0.15) is 18.2 Å². The molecule has 0 radical (unpaired) electrons. The second-order valence-electron chi connectivity index (χ2n) is 3.06. The number of aryl methyl sites for hydroxylation is 1. The zero-order chi connectivity index (χ0) is 12.3. The maximum absolute atomic E-state index is 10.4. The fourth-order valence-corrected chi connectivity index (χ4v) is 1.47. The van der Waals surface area contributed by atoms with E-state index < -0.39 is 11.3 Å². The SMILES string of the molecule is [C-]#[N+]c1nn(C)c(C)c1/C(C)=N\NS(=O)O. The maximum atomic E-state index is 10.4. The summed E-state index contributed by atoms with van der Waals surface area (Å²) in [6.07, 6.45) is 0. The highest BCUT2D eigenvalue weighted by atomic mass is 32.2. The Bertz CT molecular complexity index is 499. The van der Waals surface area contributed by atoms with Gasteiger partial charge in [0.25, 0.3) is 11.3 Å². The van der Waals surface area contributed by atoms with E-state index in [0.717, 1.165) is 5.69 Å². The van der Waals surface area contributed by atoms with Crippen LogP contribution >= 0.6 is 0 Å². The average molecular weight is 241 g/mol. The van der Waals surface area contributed by atoms with Gasteiger partial charge in [-0.2, -0.15) is 9.78 Å². The minimum Gasteiger partial charge on any atom is -0.358 e. The van der Waals surface area contributed by atoms with Crippen LogP contribution in [0.2, 0.25) is 0 Å². The van der Waals surface area contributed by atoms with Gasteiger partial charge in [0.2, 0.25) is 0 Å². The number of rotatable bonds is 3. The predicted molar refractivity (Wildman–Crippen MR) is 60.3 cm³/mol. The summed E-state index contributed by atoms with van der Waals surface area (Å²) < 4.78 is 20.5. The van der Waals surface area contributed by atoms with E-state index in [2.05, 4.69) is 15.0 Å². The Morgan fingerprint density at radius 2 is 2.38 bits per heavy atom. The van der Waals surface area contributed by atoms with Crippen LogP contribution in [0, 0.1) is 13.5 Å². The summed E-state index contributed by atoms with van der Waals surface area (Å²) >= 11 is -2.21. The number of hydrazone groups is 1. The molecule has 0 aliphatic heterocycles. The number of hydrogen-bond acceptors (Lipinski definition) is 3. The van der Waals surface area contributed by atoms with Crippen molar-refractivity contribution in [1.82, 2.24) is 14.6 Å². The molecule has 16 heavy (non-hydrogen) atoms. The summed E-state index contributed by atoms with van der Waals surface area (Å²) in [7, 11) is 1.72. The van der Waals surface area contributed by atoms with Crippen LogP contribution in [0.5, 0.6) is 0 Å². The molecule has 2 N–H and O–H groups in total. The molecule has 0 saturated carbocycles. The van der Waals surface area contributed by atoms with E-state index in [-0.39, 0.29) is 5.82 Å². The predicted octanol–water partition coefficient (Wildman–Crippen LogP) is 0.730. The van der Waals surface area contributed by atoms with Crippen molar-refractivity contribution in [3.63, 3.8) is 0 Å². The molecule has 0 aromatic carbocycles. The van der Waals surface area contributed by atoms with Gasteiger partial charge in [-0.15, -0.1) is 0 Å². The van der Waals surface area contributed by atoms with Gasteiger partial charge in [0, 0.05) is 12.6 Å². The van der Waals surface area contributed by atoms with Crippen molar-refractivity contribution in [3.8, 4) is 0 Å². The minimum atomic E-state index is -2.21. The smallest absolute Gasteiger partial charge is 0.304 e. The van der Waals surface area contributed by atoms with Crippen molar-refractivity contribution in [2.75, 3.05) is 0 Å². The molecule has 1 aromatic heterocycles. The van der Waals surface area contributed by atoms with E-state index in [1.807, 2.05) is 4.83 Å². The zero-order valence-electron chi connectivity index (χ0n) is 9.05. The molecule has 0 aliphatic carbocycles. The molecule has 0 fully saturated rings. The van der Waals surface area contributed by atoms with E-state index in [1.165, 1.54) is 0 Å². The quantitative estimate of drug-likeness (QED) is 0.354. The third-order valence-electron chi connectivity index (χ3n) is 2.07. The Morgan fingerprint density at radius 1 is 1.75 bits per heavy atom. The first-order chi connectivity index (χ1) is 7.47. The van der Waals surface area contributed by atoms with E-state index in [1.54, 1.807) is 25.6 Å². The molecule has 0 aliphatic rings. The van der Waals surface area contributed by atoms with Crippen LogP contribution < -0.4 is 4.83 Å². The van der Waals surface area contributed by atoms with E-state index in [9.17, 15) is 4.21 Å². The van der Waals surface area contributed by atoms with Crippen molar-refractivity contribution in [2.45, 2.75) is 13.8 Å². The van der Waals surface area contributed by atoms with Crippen LogP contribution in [0.3, 0.4) is 0 Å². The molecule has 0 bridgehead atoms. The molecule has 86 valence electrons. The Labute approximate surface area is 95.4 Å². The lowest BCUT2D eigenvalue weighted by atomic mass is 10.1. The molecule has 7 nitrogen and oxygen atoms in total. The number of nitrogens with zero attached hydrogens (tertiary/aromatic N) is 4. The molecule has 1 aromatic rings. The Morgan fingerprint density at radius 3 is 2.88 bits per heavy atom. The fraction of sp³-hybridized carbons (Fsp3) is 0.375. The van der Waals surface area contributed by atoms with Crippen molar-refractivity contribution in [3.05, 3.63) is 22.7 Å². The van der Waals surface area contributed by atoms with Crippen molar-refractivity contribution in [1.29, 1.82) is 0 Å². The van der Waals surface area contributed by atoms with Gasteiger partial charge < -0.3 is 4.85 Å². The average Bonchev–Trinajstić information content (AvgIpc) is 2.51. The minimum absolute atomic E-state index is 0.228. The van der Waals surface area contributed by atoms with Gasteiger partial charge in [-0.1, -0.05) is 6.57 Å². The summed E-state index contributed by atoms with van der Waals surface area (Å²) in [4.78, 5) is 5.28. The first-order valence-electron chi connectivity index (χ1n) is 4.29. The van der Waals surface area contributed by atoms with E-state index in [4.69, 9.17) is 11.1 Å². The third kappa shape index (κ3) is 2.44. The van der Waals surface area contributed by atoms with E-state index in [0.29, 0.717) is 11.3 Å².